The van der Waals surface area contributed by atoms with Crippen molar-refractivity contribution in [1.82, 2.24) is 14.8 Å². The van der Waals surface area contributed by atoms with Crippen LogP contribution in [-0.4, -0.2) is 14.8 Å². The molecule has 0 spiro atoms. The Hall–Kier alpha value is -1.40. The van der Waals surface area contributed by atoms with Gasteiger partial charge in [0.2, 0.25) is 0 Å². The van der Waals surface area contributed by atoms with E-state index in [1.165, 1.54) is 18.9 Å². The molecule has 1 heterocycles. The molecule has 0 bridgehead atoms. The van der Waals surface area contributed by atoms with Crippen LogP contribution >= 0.6 is 11.8 Å². The Morgan fingerprint density at radius 1 is 1.37 bits per heavy atom. The number of nitrogens with two attached hydrogens (primary N) is 1. The summed E-state index contributed by atoms with van der Waals surface area (Å²) in [5.74, 6) is 1.32. The van der Waals surface area contributed by atoms with Crippen molar-refractivity contribution < 1.29 is 4.39 Å². The molecule has 4 nitrogen and oxygen atoms in total. The molecule has 0 radical (unpaired) electrons. The van der Waals surface area contributed by atoms with Crippen LogP contribution in [0.1, 0.15) is 30.3 Å². The summed E-state index contributed by atoms with van der Waals surface area (Å²) in [6.07, 6.45) is 2.33. The van der Waals surface area contributed by atoms with Crippen LogP contribution in [0.15, 0.2) is 29.4 Å². The van der Waals surface area contributed by atoms with Gasteiger partial charge in [-0.1, -0.05) is 23.9 Å². The van der Waals surface area contributed by atoms with Crippen molar-refractivity contribution in [2.75, 3.05) is 0 Å². The third-order valence-corrected chi connectivity index (χ3v) is 4.10. The first kappa shape index (κ1) is 12.6. The molecular formula is C13H15FN4S. The van der Waals surface area contributed by atoms with Crippen LogP contribution in [0.4, 0.5) is 4.39 Å². The maximum atomic E-state index is 13.1. The summed E-state index contributed by atoms with van der Waals surface area (Å²) in [5, 5.41) is 9.19. The summed E-state index contributed by atoms with van der Waals surface area (Å²) in [6, 6.07) is 7.14. The maximum Gasteiger partial charge on any atom is 0.191 e. The van der Waals surface area contributed by atoms with E-state index in [4.69, 9.17) is 5.73 Å². The van der Waals surface area contributed by atoms with Crippen molar-refractivity contribution in [3.05, 3.63) is 41.5 Å². The fraction of sp³-hybridized carbons (Fsp3) is 0.385. The van der Waals surface area contributed by atoms with E-state index in [0.29, 0.717) is 18.3 Å². The molecule has 0 atom stereocenters. The van der Waals surface area contributed by atoms with Crippen LogP contribution in [0, 0.1) is 5.82 Å². The van der Waals surface area contributed by atoms with Gasteiger partial charge < -0.3 is 10.3 Å². The Morgan fingerprint density at radius 2 is 2.21 bits per heavy atom. The number of aromatic nitrogens is 3. The average Bonchev–Trinajstić information content (AvgIpc) is 3.17. The lowest BCUT2D eigenvalue weighted by Crippen LogP contribution is -2.08. The predicted octanol–water partition coefficient (Wildman–Crippen LogP) is 2.50. The Bertz CT molecular complexity index is 580. The van der Waals surface area contributed by atoms with Crippen molar-refractivity contribution in [2.45, 2.75) is 36.3 Å². The average molecular weight is 278 g/mol. The Labute approximate surface area is 115 Å². The second kappa shape index (κ2) is 5.30. The molecule has 0 unspecified atom stereocenters. The van der Waals surface area contributed by atoms with Gasteiger partial charge in [0.05, 0.1) is 6.54 Å². The highest BCUT2D eigenvalue weighted by atomic mass is 32.2. The lowest BCUT2D eigenvalue weighted by Gasteiger charge is -2.07. The van der Waals surface area contributed by atoms with Gasteiger partial charge in [0, 0.05) is 11.8 Å². The van der Waals surface area contributed by atoms with Crippen molar-refractivity contribution in [3.63, 3.8) is 0 Å². The van der Waals surface area contributed by atoms with Crippen molar-refractivity contribution in [1.29, 1.82) is 0 Å². The van der Waals surface area contributed by atoms with Crippen LogP contribution in [0.2, 0.25) is 0 Å². The zero-order valence-corrected chi connectivity index (χ0v) is 11.2. The molecule has 6 heteroatoms. The van der Waals surface area contributed by atoms with Gasteiger partial charge >= 0.3 is 0 Å². The predicted molar refractivity (Wildman–Crippen MR) is 72.1 cm³/mol. The molecule has 1 aliphatic rings. The Balaban J connectivity index is 1.75. The number of nitrogens with zero attached hydrogens (tertiary/aromatic N) is 3. The zero-order valence-electron chi connectivity index (χ0n) is 10.4. The minimum atomic E-state index is -0.204. The first-order chi connectivity index (χ1) is 9.28. The van der Waals surface area contributed by atoms with Gasteiger partial charge in [0.1, 0.15) is 11.6 Å². The molecular weight excluding hydrogens is 263 g/mol. The van der Waals surface area contributed by atoms with Gasteiger partial charge in [-0.25, -0.2) is 4.39 Å². The van der Waals surface area contributed by atoms with E-state index in [2.05, 4.69) is 14.8 Å². The molecule has 1 aromatic carbocycles. The maximum absolute atomic E-state index is 13.1. The summed E-state index contributed by atoms with van der Waals surface area (Å²) in [6.45, 7) is 0.407. The molecule has 3 rings (SSSR count). The van der Waals surface area contributed by atoms with Gasteiger partial charge in [-0.15, -0.1) is 10.2 Å². The number of thioether (sulfide) groups is 1. The van der Waals surface area contributed by atoms with Crippen molar-refractivity contribution in [3.8, 4) is 0 Å². The van der Waals surface area contributed by atoms with Gasteiger partial charge in [0.25, 0.3) is 0 Å². The minimum absolute atomic E-state index is 0.204. The molecule has 1 aromatic heterocycles. The van der Waals surface area contributed by atoms with E-state index in [1.807, 2.05) is 6.07 Å². The van der Waals surface area contributed by atoms with Gasteiger partial charge in [-0.05, 0) is 30.5 Å². The summed E-state index contributed by atoms with van der Waals surface area (Å²) in [5.41, 5.74) is 6.62. The van der Waals surface area contributed by atoms with E-state index in [9.17, 15) is 4.39 Å². The monoisotopic (exact) mass is 278 g/mol. The van der Waals surface area contributed by atoms with E-state index in [-0.39, 0.29) is 5.82 Å². The quantitative estimate of drug-likeness (QED) is 0.854. The number of halogens is 1. The normalized spacial score (nSPS) is 14.8. The van der Waals surface area contributed by atoms with E-state index in [0.717, 1.165) is 16.5 Å². The first-order valence-corrected chi connectivity index (χ1v) is 7.27. The number of hydrogen-bond acceptors (Lipinski definition) is 4. The Morgan fingerprint density at radius 3 is 2.89 bits per heavy atom. The molecule has 1 aliphatic carbocycles. The number of benzene rings is 1. The third-order valence-electron chi connectivity index (χ3n) is 3.09. The fourth-order valence-electron chi connectivity index (χ4n) is 2.02. The molecule has 1 saturated carbocycles. The summed E-state index contributed by atoms with van der Waals surface area (Å²) in [4.78, 5) is 0. The molecule has 19 heavy (non-hydrogen) atoms. The molecule has 100 valence electrons. The van der Waals surface area contributed by atoms with Crippen molar-refractivity contribution >= 4 is 11.8 Å². The standard InChI is InChI=1S/C13H15FN4S/c14-10-3-1-2-9(6-10)8-19-13-17-16-12(7-15)18(13)11-4-5-11/h1-3,6,11H,4-5,7-8,15H2. The second-order valence-electron chi connectivity index (χ2n) is 4.62. The first-order valence-electron chi connectivity index (χ1n) is 6.29. The van der Waals surface area contributed by atoms with Crippen LogP contribution in [0.3, 0.4) is 0 Å². The molecule has 0 saturated heterocycles. The SMILES string of the molecule is NCc1nnc(SCc2cccc(F)c2)n1C1CC1. The lowest BCUT2D eigenvalue weighted by molar-refractivity contribution is 0.624. The van der Waals surface area contributed by atoms with Crippen LogP contribution in [-0.2, 0) is 12.3 Å². The highest BCUT2D eigenvalue weighted by Gasteiger charge is 2.29. The molecule has 2 N–H and O–H groups in total. The molecule has 0 amide bonds. The number of hydrogen-bond donors (Lipinski definition) is 1. The molecule has 0 aliphatic heterocycles. The number of rotatable bonds is 5. The lowest BCUT2D eigenvalue weighted by atomic mass is 10.2. The van der Waals surface area contributed by atoms with E-state index in [1.54, 1.807) is 23.9 Å². The third kappa shape index (κ3) is 2.79. The summed E-state index contributed by atoms with van der Waals surface area (Å²) < 4.78 is 15.2. The van der Waals surface area contributed by atoms with Crippen LogP contribution in [0.25, 0.3) is 0 Å². The fourth-order valence-corrected chi connectivity index (χ4v) is 2.99. The van der Waals surface area contributed by atoms with Crippen LogP contribution in [0.5, 0.6) is 0 Å². The van der Waals surface area contributed by atoms with Crippen LogP contribution < -0.4 is 5.73 Å². The highest BCUT2D eigenvalue weighted by Crippen LogP contribution is 2.39. The zero-order chi connectivity index (χ0) is 13.2. The molecule has 2 aromatic rings. The van der Waals surface area contributed by atoms with Gasteiger partial charge in [-0.3, -0.25) is 0 Å². The van der Waals surface area contributed by atoms with Crippen molar-refractivity contribution in [2.24, 2.45) is 5.73 Å². The summed E-state index contributed by atoms with van der Waals surface area (Å²) in [7, 11) is 0. The van der Waals surface area contributed by atoms with Gasteiger partial charge in [0.15, 0.2) is 5.16 Å². The Kier molecular flexibility index (Phi) is 3.52. The topological polar surface area (TPSA) is 56.7 Å². The smallest absolute Gasteiger partial charge is 0.191 e. The highest BCUT2D eigenvalue weighted by molar-refractivity contribution is 7.98. The second-order valence-corrected chi connectivity index (χ2v) is 5.57. The van der Waals surface area contributed by atoms with E-state index >= 15 is 0 Å². The minimum Gasteiger partial charge on any atom is -0.324 e. The van der Waals surface area contributed by atoms with E-state index < -0.39 is 0 Å². The summed E-state index contributed by atoms with van der Waals surface area (Å²) >= 11 is 1.58. The largest absolute Gasteiger partial charge is 0.324 e. The van der Waals surface area contributed by atoms with Gasteiger partial charge in [-0.2, -0.15) is 0 Å². The molecule has 1 fully saturated rings.